The molecule has 152 valence electrons. The van der Waals surface area contributed by atoms with E-state index in [1.54, 1.807) is 36.4 Å². The van der Waals surface area contributed by atoms with Crippen LogP contribution in [0.15, 0.2) is 82.6 Å². The van der Waals surface area contributed by atoms with E-state index in [2.05, 4.69) is 32.9 Å². The molecule has 0 fully saturated rings. The maximum Gasteiger partial charge on any atom is 1.00 e. The van der Waals surface area contributed by atoms with Crippen molar-refractivity contribution in [3.05, 3.63) is 78.4 Å². The van der Waals surface area contributed by atoms with Crippen molar-refractivity contribution < 1.29 is 76.6 Å². The van der Waals surface area contributed by atoms with Gasteiger partial charge < -0.3 is 9.11 Å². The maximum absolute atomic E-state index is 11.5. The van der Waals surface area contributed by atoms with E-state index in [4.69, 9.17) is 0 Å². The van der Waals surface area contributed by atoms with Gasteiger partial charge >= 0.3 is 59.1 Å². The molecule has 2 atom stereocenters. The molecule has 9 heteroatoms. The summed E-state index contributed by atoms with van der Waals surface area (Å²) in [5, 5.41) is 2.72. The van der Waals surface area contributed by atoms with Crippen molar-refractivity contribution in [1.82, 2.24) is 0 Å². The van der Waals surface area contributed by atoms with Gasteiger partial charge in [-0.2, -0.15) is 0 Å². The smallest absolute Gasteiger partial charge is 0.768 e. The van der Waals surface area contributed by atoms with Crippen molar-refractivity contribution in [2.45, 2.75) is 36.0 Å². The molecule has 0 aromatic heterocycles. The fourth-order valence-electron chi connectivity index (χ4n) is 3.01. The topological polar surface area (TPSA) is 80.3 Å². The summed E-state index contributed by atoms with van der Waals surface area (Å²) in [6, 6.07) is 21.9. The quantitative estimate of drug-likeness (QED) is 0.220. The van der Waals surface area contributed by atoms with Gasteiger partial charge in [0.2, 0.25) is 0 Å². The third kappa shape index (κ3) is 7.66. The molecule has 3 aromatic carbocycles. The molecule has 0 saturated heterocycles. The molecule has 0 aliphatic heterocycles. The number of hydrogen-bond acceptors (Lipinski definition) is 4. The second-order valence-corrected chi connectivity index (χ2v) is 11.7. The Labute approximate surface area is 234 Å². The first-order valence-corrected chi connectivity index (χ1v) is 12.5. The van der Waals surface area contributed by atoms with Crippen molar-refractivity contribution in [1.29, 1.82) is 0 Å². The van der Waals surface area contributed by atoms with Crippen molar-refractivity contribution in [3.8, 4) is 0 Å². The van der Waals surface area contributed by atoms with Crippen LogP contribution in [0.25, 0.3) is 0 Å². The zero-order valence-electron chi connectivity index (χ0n) is 18.3. The molecule has 3 rings (SSSR count). The van der Waals surface area contributed by atoms with Gasteiger partial charge in [0.1, 0.15) is 0 Å². The Kier molecular flexibility index (Phi) is 12.0. The van der Waals surface area contributed by atoms with Crippen LogP contribution >= 0.6 is 7.92 Å². The molecular weight excluding hydrogens is 469 g/mol. The summed E-state index contributed by atoms with van der Waals surface area (Å²) in [4.78, 5) is 0.426. The van der Waals surface area contributed by atoms with E-state index in [-0.39, 0.29) is 74.3 Å². The van der Waals surface area contributed by atoms with Gasteiger partial charge in [-0.05, 0) is 81.2 Å². The van der Waals surface area contributed by atoms with Gasteiger partial charge in [-0.15, -0.1) is 0 Å². The molecule has 0 N–H and O–H groups in total. The zero-order chi connectivity index (χ0) is 21.2. The predicted molar refractivity (Wildman–Crippen MR) is 118 cm³/mol. The monoisotopic (exact) mass is 490 g/mol. The molecule has 0 bridgehead atoms. The van der Waals surface area contributed by atoms with Gasteiger partial charge in [0, 0.05) is 9.79 Å². The Morgan fingerprint density at radius 2 is 1.10 bits per heavy atom. The van der Waals surface area contributed by atoms with Crippen molar-refractivity contribution >= 4 is 46.0 Å². The van der Waals surface area contributed by atoms with E-state index in [0.29, 0.717) is 0 Å². The Bertz CT molecular complexity index is 1010. The van der Waals surface area contributed by atoms with Crippen LogP contribution in [0.1, 0.15) is 26.3 Å². The minimum absolute atomic E-state index is 0. The van der Waals surface area contributed by atoms with Crippen LogP contribution in [0.2, 0.25) is 0 Å². The molecule has 0 radical (unpaired) electrons. The average molecular weight is 490 g/mol. The van der Waals surface area contributed by atoms with Gasteiger partial charge in [-0.1, -0.05) is 69.3 Å². The Morgan fingerprint density at radius 1 is 0.677 bits per heavy atom. The molecular formula is C22H21Na2O4PS2. The van der Waals surface area contributed by atoms with E-state index in [0.717, 1.165) is 15.9 Å². The summed E-state index contributed by atoms with van der Waals surface area (Å²) in [7, 11) is -1.12. The third-order valence-electron chi connectivity index (χ3n) is 4.53. The molecule has 3 aromatic rings. The van der Waals surface area contributed by atoms with Crippen LogP contribution < -0.4 is 75.0 Å². The standard InChI is InChI=1S/C22H23O4PS2.2Na/c1-22(2,3)16-10-12-17(13-11-16)27(18-6-4-8-20(14-18)28(23)24)19-7-5-9-21(15-19)29(25)26;;/h4-15H,1-3H3,(H,23,24)(H,25,26);;/q;2*+1/p-2. The first-order valence-electron chi connectivity index (χ1n) is 8.96. The van der Waals surface area contributed by atoms with Crippen molar-refractivity contribution in [2.75, 3.05) is 0 Å². The van der Waals surface area contributed by atoms with Gasteiger partial charge in [0.25, 0.3) is 0 Å². The van der Waals surface area contributed by atoms with E-state index >= 15 is 0 Å². The Morgan fingerprint density at radius 3 is 1.45 bits per heavy atom. The molecule has 0 amide bonds. The Balaban J connectivity index is 0.00000240. The largest absolute Gasteiger partial charge is 1.00 e. The molecule has 31 heavy (non-hydrogen) atoms. The molecule has 0 aliphatic rings. The molecule has 0 heterocycles. The molecule has 2 unspecified atom stereocenters. The Hall–Kier alpha value is 0.310. The molecule has 0 spiro atoms. The van der Waals surface area contributed by atoms with Crippen LogP contribution in [0.5, 0.6) is 0 Å². The van der Waals surface area contributed by atoms with Gasteiger partial charge in [0.05, 0.1) is 0 Å². The number of hydrogen-bond donors (Lipinski definition) is 0. The normalized spacial score (nSPS) is 14.0. The SMILES string of the molecule is CC(C)(C)c1ccc(P(c2cccc(S(=O)[O-])c2)c2cccc(S(=O)[O-])c2)cc1.[Na+].[Na+]. The molecule has 0 saturated carbocycles. The van der Waals surface area contributed by atoms with Crippen LogP contribution in [-0.4, -0.2) is 17.5 Å². The fourth-order valence-corrected chi connectivity index (χ4v) is 6.36. The summed E-state index contributed by atoms with van der Waals surface area (Å²) in [5.74, 6) is 0. The minimum atomic E-state index is -2.33. The maximum atomic E-state index is 11.5. The molecule has 0 aliphatic carbocycles. The summed E-state index contributed by atoms with van der Waals surface area (Å²) in [6.07, 6.45) is 0. The van der Waals surface area contributed by atoms with Gasteiger partial charge in [-0.3, -0.25) is 8.42 Å². The summed E-state index contributed by atoms with van der Waals surface area (Å²) < 4.78 is 45.9. The van der Waals surface area contributed by atoms with Crippen molar-refractivity contribution in [3.63, 3.8) is 0 Å². The first-order chi connectivity index (χ1) is 13.7. The van der Waals surface area contributed by atoms with Crippen LogP contribution in [0.4, 0.5) is 0 Å². The average Bonchev–Trinajstić information content (AvgIpc) is 2.68. The predicted octanol–water partition coefficient (Wildman–Crippen LogP) is -2.77. The zero-order valence-corrected chi connectivity index (χ0v) is 24.9. The van der Waals surface area contributed by atoms with Crippen LogP contribution in [-0.2, 0) is 27.6 Å². The molecule has 4 nitrogen and oxygen atoms in total. The summed E-state index contributed by atoms with van der Waals surface area (Å²) in [6.45, 7) is 6.43. The van der Waals surface area contributed by atoms with E-state index in [9.17, 15) is 17.5 Å². The summed E-state index contributed by atoms with van der Waals surface area (Å²) >= 11 is -4.67. The van der Waals surface area contributed by atoms with E-state index in [1.807, 2.05) is 24.3 Å². The number of benzene rings is 3. The van der Waals surface area contributed by atoms with E-state index in [1.165, 1.54) is 5.56 Å². The second-order valence-electron chi connectivity index (χ2n) is 7.60. The van der Waals surface area contributed by atoms with Crippen molar-refractivity contribution in [2.24, 2.45) is 0 Å². The third-order valence-corrected chi connectivity index (χ3v) is 8.21. The second kappa shape index (κ2) is 12.7. The number of rotatable bonds is 5. The summed E-state index contributed by atoms with van der Waals surface area (Å²) in [5.41, 5.74) is 1.21. The van der Waals surface area contributed by atoms with E-state index < -0.39 is 30.1 Å². The minimum Gasteiger partial charge on any atom is -0.768 e. The van der Waals surface area contributed by atoms with Crippen LogP contribution in [0, 0.1) is 0 Å². The fraction of sp³-hybridized carbons (Fsp3) is 0.182. The van der Waals surface area contributed by atoms with Gasteiger partial charge in [-0.25, -0.2) is 0 Å². The first kappa shape index (κ1) is 29.3. The van der Waals surface area contributed by atoms with Gasteiger partial charge in [0.15, 0.2) is 0 Å². The van der Waals surface area contributed by atoms with Crippen LogP contribution in [0.3, 0.4) is 0 Å².